The number of ether oxygens (including phenoxy) is 1. The van der Waals surface area contributed by atoms with Gasteiger partial charge in [0, 0.05) is 19.7 Å². The van der Waals surface area contributed by atoms with Crippen LogP contribution < -0.4 is 10.2 Å². The van der Waals surface area contributed by atoms with Crippen LogP contribution in [-0.2, 0) is 10.2 Å². The first-order valence-corrected chi connectivity index (χ1v) is 5.51. The zero-order valence-electron chi connectivity index (χ0n) is 11.1. The monoisotopic (exact) mass is 236 g/mol. The standard InChI is InChI=1S/C13H20N2O2/c1-13(2,12(16)14-15(3)4)10-8-6-7-9-11(10)17-5/h6-9H,1-5H3,(H,14,16). The average molecular weight is 236 g/mol. The van der Waals surface area contributed by atoms with Crippen LogP contribution >= 0.6 is 0 Å². The fourth-order valence-corrected chi connectivity index (χ4v) is 1.63. The Labute approximate surface area is 103 Å². The maximum Gasteiger partial charge on any atom is 0.244 e. The summed E-state index contributed by atoms with van der Waals surface area (Å²) < 4.78 is 5.29. The van der Waals surface area contributed by atoms with Crippen LogP contribution in [0.3, 0.4) is 0 Å². The largest absolute Gasteiger partial charge is 0.496 e. The van der Waals surface area contributed by atoms with E-state index in [1.807, 2.05) is 38.1 Å². The molecule has 0 saturated carbocycles. The smallest absolute Gasteiger partial charge is 0.244 e. The first kappa shape index (κ1) is 13.5. The zero-order valence-corrected chi connectivity index (χ0v) is 11.1. The van der Waals surface area contributed by atoms with Gasteiger partial charge in [-0.25, -0.2) is 5.01 Å². The molecule has 1 amide bonds. The lowest BCUT2D eigenvalue weighted by molar-refractivity contribution is -0.129. The highest BCUT2D eigenvalue weighted by Gasteiger charge is 2.32. The molecule has 94 valence electrons. The van der Waals surface area contributed by atoms with E-state index in [2.05, 4.69) is 5.43 Å². The molecule has 0 spiro atoms. The molecule has 0 fully saturated rings. The third-order valence-corrected chi connectivity index (χ3v) is 2.67. The Morgan fingerprint density at radius 3 is 2.41 bits per heavy atom. The van der Waals surface area contributed by atoms with E-state index in [4.69, 9.17) is 4.74 Å². The van der Waals surface area contributed by atoms with Crippen molar-refractivity contribution in [1.29, 1.82) is 0 Å². The maximum absolute atomic E-state index is 12.1. The summed E-state index contributed by atoms with van der Waals surface area (Å²) in [5, 5.41) is 1.64. The fourth-order valence-electron chi connectivity index (χ4n) is 1.63. The van der Waals surface area contributed by atoms with Gasteiger partial charge in [0.2, 0.25) is 5.91 Å². The predicted molar refractivity (Wildman–Crippen MR) is 67.8 cm³/mol. The average Bonchev–Trinajstić information content (AvgIpc) is 2.28. The van der Waals surface area contributed by atoms with E-state index in [0.717, 1.165) is 11.3 Å². The summed E-state index contributed by atoms with van der Waals surface area (Å²) in [5.74, 6) is 0.665. The van der Waals surface area contributed by atoms with Crippen molar-refractivity contribution in [2.24, 2.45) is 0 Å². The second-order valence-corrected chi connectivity index (χ2v) is 4.66. The van der Waals surface area contributed by atoms with E-state index < -0.39 is 5.41 Å². The quantitative estimate of drug-likeness (QED) is 0.807. The Hall–Kier alpha value is -1.55. The van der Waals surface area contributed by atoms with Gasteiger partial charge in [0.05, 0.1) is 12.5 Å². The number of benzene rings is 1. The van der Waals surface area contributed by atoms with Gasteiger partial charge in [0.15, 0.2) is 0 Å². The van der Waals surface area contributed by atoms with Gasteiger partial charge >= 0.3 is 0 Å². The van der Waals surface area contributed by atoms with Gasteiger partial charge in [-0.1, -0.05) is 18.2 Å². The zero-order chi connectivity index (χ0) is 13.1. The van der Waals surface area contributed by atoms with Gasteiger partial charge in [-0.15, -0.1) is 0 Å². The second-order valence-electron chi connectivity index (χ2n) is 4.66. The highest BCUT2D eigenvalue weighted by molar-refractivity contribution is 5.87. The lowest BCUT2D eigenvalue weighted by atomic mass is 9.83. The van der Waals surface area contributed by atoms with Crippen LogP contribution in [0.2, 0.25) is 0 Å². The summed E-state index contributed by atoms with van der Waals surface area (Å²) >= 11 is 0. The van der Waals surface area contributed by atoms with Crippen LogP contribution in [-0.4, -0.2) is 32.1 Å². The Morgan fingerprint density at radius 1 is 1.29 bits per heavy atom. The molecule has 4 heteroatoms. The van der Waals surface area contributed by atoms with E-state index in [1.165, 1.54) is 0 Å². The SMILES string of the molecule is COc1ccccc1C(C)(C)C(=O)NN(C)C. The first-order chi connectivity index (χ1) is 7.89. The van der Waals surface area contributed by atoms with Crippen molar-refractivity contribution in [1.82, 2.24) is 10.4 Å². The van der Waals surface area contributed by atoms with Crippen molar-refractivity contribution in [2.75, 3.05) is 21.2 Å². The van der Waals surface area contributed by atoms with Crippen LogP contribution in [0, 0.1) is 0 Å². The number of hydrogen-bond donors (Lipinski definition) is 1. The molecular weight excluding hydrogens is 216 g/mol. The summed E-state index contributed by atoms with van der Waals surface area (Å²) in [7, 11) is 5.19. The van der Waals surface area contributed by atoms with E-state index in [9.17, 15) is 4.79 Å². The summed E-state index contributed by atoms with van der Waals surface area (Å²) in [4.78, 5) is 12.1. The third-order valence-electron chi connectivity index (χ3n) is 2.67. The van der Waals surface area contributed by atoms with E-state index in [-0.39, 0.29) is 5.91 Å². The summed E-state index contributed by atoms with van der Waals surface area (Å²) in [6.45, 7) is 3.76. The van der Waals surface area contributed by atoms with Crippen LogP contribution in [0.5, 0.6) is 5.75 Å². The van der Waals surface area contributed by atoms with Gasteiger partial charge in [-0.05, 0) is 19.9 Å². The molecule has 0 radical (unpaired) electrons. The molecule has 4 nitrogen and oxygen atoms in total. The van der Waals surface area contributed by atoms with Gasteiger partial charge in [-0.3, -0.25) is 10.2 Å². The minimum Gasteiger partial charge on any atom is -0.496 e. The molecule has 0 saturated heterocycles. The van der Waals surface area contributed by atoms with E-state index >= 15 is 0 Å². The lowest BCUT2D eigenvalue weighted by Crippen LogP contribution is -2.46. The molecule has 0 aromatic heterocycles. The number of nitrogens with one attached hydrogen (secondary N) is 1. The molecule has 0 aliphatic carbocycles. The number of hydrogen-bond acceptors (Lipinski definition) is 3. The van der Waals surface area contributed by atoms with Crippen molar-refractivity contribution in [2.45, 2.75) is 19.3 Å². The van der Waals surface area contributed by atoms with Crippen LogP contribution in [0.15, 0.2) is 24.3 Å². The Morgan fingerprint density at radius 2 is 1.88 bits per heavy atom. The van der Waals surface area contributed by atoms with Crippen molar-refractivity contribution in [3.63, 3.8) is 0 Å². The first-order valence-electron chi connectivity index (χ1n) is 5.51. The van der Waals surface area contributed by atoms with Gasteiger partial charge in [0.25, 0.3) is 0 Å². The summed E-state index contributed by atoms with van der Waals surface area (Å²) in [6, 6.07) is 7.57. The van der Waals surface area contributed by atoms with Crippen molar-refractivity contribution in [3.8, 4) is 5.75 Å². The molecule has 1 rings (SSSR count). The molecular formula is C13H20N2O2. The number of nitrogens with zero attached hydrogens (tertiary/aromatic N) is 1. The second kappa shape index (κ2) is 5.19. The molecule has 1 aromatic rings. The predicted octanol–water partition coefficient (Wildman–Crippen LogP) is 1.57. The normalized spacial score (nSPS) is 11.4. The van der Waals surface area contributed by atoms with E-state index in [1.54, 1.807) is 26.2 Å². The highest BCUT2D eigenvalue weighted by Crippen LogP contribution is 2.31. The molecule has 0 heterocycles. The maximum atomic E-state index is 12.1. The van der Waals surface area contributed by atoms with E-state index in [0.29, 0.717) is 0 Å². The summed E-state index contributed by atoms with van der Waals surface area (Å²) in [5.41, 5.74) is 3.01. The van der Waals surface area contributed by atoms with Gasteiger partial charge in [-0.2, -0.15) is 0 Å². The Balaban J connectivity index is 3.07. The number of carbonyl (C=O) groups excluding carboxylic acids is 1. The molecule has 0 aliphatic heterocycles. The topological polar surface area (TPSA) is 41.6 Å². The third kappa shape index (κ3) is 2.97. The lowest BCUT2D eigenvalue weighted by Gasteiger charge is -2.27. The number of para-hydroxylation sites is 1. The van der Waals surface area contributed by atoms with Crippen LogP contribution in [0.25, 0.3) is 0 Å². The molecule has 0 bridgehead atoms. The molecule has 0 atom stereocenters. The molecule has 1 aromatic carbocycles. The van der Waals surface area contributed by atoms with Crippen molar-refractivity contribution in [3.05, 3.63) is 29.8 Å². The van der Waals surface area contributed by atoms with Crippen molar-refractivity contribution >= 4 is 5.91 Å². The minimum absolute atomic E-state index is 0.0630. The highest BCUT2D eigenvalue weighted by atomic mass is 16.5. The van der Waals surface area contributed by atoms with Crippen LogP contribution in [0.1, 0.15) is 19.4 Å². The fraction of sp³-hybridized carbons (Fsp3) is 0.462. The molecule has 1 N–H and O–H groups in total. The van der Waals surface area contributed by atoms with Gasteiger partial charge in [0.1, 0.15) is 5.75 Å². The van der Waals surface area contributed by atoms with Crippen molar-refractivity contribution < 1.29 is 9.53 Å². The number of carbonyl (C=O) groups is 1. The van der Waals surface area contributed by atoms with Crippen LogP contribution in [0.4, 0.5) is 0 Å². The Bertz CT molecular complexity index is 400. The number of hydrazine groups is 1. The summed E-state index contributed by atoms with van der Waals surface area (Å²) in [6.07, 6.45) is 0. The number of methoxy groups -OCH3 is 1. The number of rotatable bonds is 4. The molecule has 0 aliphatic rings. The minimum atomic E-state index is -0.642. The molecule has 17 heavy (non-hydrogen) atoms. The number of amides is 1. The van der Waals surface area contributed by atoms with Gasteiger partial charge < -0.3 is 4.74 Å². The Kier molecular flexibility index (Phi) is 4.12. The molecule has 0 unspecified atom stereocenters.